The standard InChI is InChI=1S/C18H27BrFN/c1-18(2,3)13-6-5-12(11-21-4)15(9-13)16-10-14(19)7-8-17(16)20/h7-8,10,12-13,15,21H,5-6,9,11H2,1-4H3. The van der Waals surface area contributed by atoms with Gasteiger partial charge in [-0.25, -0.2) is 4.39 Å². The molecule has 1 N–H and O–H groups in total. The fourth-order valence-corrected chi connectivity index (χ4v) is 4.08. The normalized spacial score (nSPS) is 26.9. The lowest BCUT2D eigenvalue weighted by atomic mass is 9.64. The minimum absolute atomic E-state index is 0.0566. The summed E-state index contributed by atoms with van der Waals surface area (Å²) in [6.07, 6.45) is 3.52. The van der Waals surface area contributed by atoms with Gasteiger partial charge in [0.1, 0.15) is 5.82 Å². The van der Waals surface area contributed by atoms with Crippen molar-refractivity contribution in [3.8, 4) is 0 Å². The predicted molar refractivity (Wildman–Crippen MR) is 91.1 cm³/mol. The third-order valence-corrected chi connectivity index (χ3v) is 5.54. The van der Waals surface area contributed by atoms with Crippen LogP contribution in [0.3, 0.4) is 0 Å². The summed E-state index contributed by atoms with van der Waals surface area (Å²) < 4.78 is 15.3. The van der Waals surface area contributed by atoms with Crippen LogP contribution < -0.4 is 5.32 Å². The minimum Gasteiger partial charge on any atom is -0.319 e. The van der Waals surface area contributed by atoms with Gasteiger partial charge in [-0.05, 0) is 79.8 Å². The van der Waals surface area contributed by atoms with Crippen LogP contribution in [0.25, 0.3) is 0 Å². The van der Waals surface area contributed by atoms with E-state index in [1.165, 1.54) is 12.8 Å². The van der Waals surface area contributed by atoms with Crippen LogP contribution in [0, 0.1) is 23.1 Å². The molecule has 0 heterocycles. The second-order valence-electron chi connectivity index (χ2n) is 7.47. The van der Waals surface area contributed by atoms with E-state index in [1.54, 1.807) is 12.1 Å². The average Bonchev–Trinajstić information content (AvgIpc) is 2.41. The maximum atomic E-state index is 14.4. The van der Waals surface area contributed by atoms with E-state index in [2.05, 4.69) is 42.0 Å². The lowest BCUT2D eigenvalue weighted by Crippen LogP contribution is -2.35. The number of rotatable bonds is 3. The van der Waals surface area contributed by atoms with Crippen LogP contribution in [0.4, 0.5) is 4.39 Å². The van der Waals surface area contributed by atoms with Crippen LogP contribution in [0.2, 0.25) is 0 Å². The van der Waals surface area contributed by atoms with Gasteiger partial charge in [0.2, 0.25) is 0 Å². The van der Waals surface area contributed by atoms with E-state index in [9.17, 15) is 4.39 Å². The summed E-state index contributed by atoms with van der Waals surface area (Å²) in [6, 6.07) is 5.36. The maximum Gasteiger partial charge on any atom is 0.126 e. The molecular weight excluding hydrogens is 329 g/mol. The van der Waals surface area contributed by atoms with Crippen LogP contribution in [-0.2, 0) is 0 Å². The molecule has 21 heavy (non-hydrogen) atoms. The van der Waals surface area contributed by atoms with Crippen LogP contribution in [0.1, 0.15) is 51.5 Å². The summed E-state index contributed by atoms with van der Waals surface area (Å²) in [5.41, 5.74) is 1.18. The quantitative estimate of drug-likeness (QED) is 0.769. The number of hydrogen-bond donors (Lipinski definition) is 1. The molecule has 1 aromatic rings. The van der Waals surface area contributed by atoms with Crippen LogP contribution in [-0.4, -0.2) is 13.6 Å². The van der Waals surface area contributed by atoms with E-state index in [1.807, 2.05) is 13.1 Å². The zero-order chi connectivity index (χ0) is 15.6. The molecule has 0 bridgehead atoms. The topological polar surface area (TPSA) is 12.0 Å². The largest absolute Gasteiger partial charge is 0.319 e. The summed E-state index contributed by atoms with van der Waals surface area (Å²) in [5.74, 6) is 1.44. The second-order valence-corrected chi connectivity index (χ2v) is 8.38. The molecular formula is C18H27BrFN. The van der Waals surface area contributed by atoms with Gasteiger partial charge in [0.15, 0.2) is 0 Å². The van der Waals surface area contributed by atoms with Crippen molar-refractivity contribution in [1.82, 2.24) is 5.32 Å². The first-order chi connectivity index (χ1) is 9.82. The molecule has 3 unspecified atom stereocenters. The van der Waals surface area contributed by atoms with E-state index >= 15 is 0 Å². The van der Waals surface area contributed by atoms with Gasteiger partial charge in [0.25, 0.3) is 0 Å². The molecule has 2 rings (SSSR count). The molecule has 0 aliphatic heterocycles. The van der Waals surface area contributed by atoms with Crippen molar-refractivity contribution in [3.63, 3.8) is 0 Å². The van der Waals surface area contributed by atoms with Gasteiger partial charge in [-0.2, -0.15) is 0 Å². The fourth-order valence-electron chi connectivity index (χ4n) is 3.71. The lowest BCUT2D eigenvalue weighted by molar-refractivity contribution is 0.129. The fraction of sp³-hybridized carbons (Fsp3) is 0.667. The SMILES string of the molecule is CNCC1CCC(C(C)(C)C)CC1c1cc(Br)ccc1F. The highest BCUT2D eigenvalue weighted by molar-refractivity contribution is 9.10. The lowest BCUT2D eigenvalue weighted by Gasteiger charge is -2.42. The number of hydrogen-bond acceptors (Lipinski definition) is 1. The Hall–Kier alpha value is -0.410. The zero-order valence-corrected chi connectivity index (χ0v) is 15.1. The third kappa shape index (κ3) is 4.07. The Bertz CT molecular complexity index is 481. The van der Waals surface area contributed by atoms with Crippen molar-refractivity contribution in [2.45, 2.75) is 46.0 Å². The monoisotopic (exact) mass is 355 g/mol. The van der Waals surface area contributed by atoms with Crippen molar-refractivity contribution >= 4 is 15.9 Å². The van der Waals surface area contributed by atoms with Crippen LogP contribution in [0.5, 0.6) is 0 Å². The molecule has 0 aromatic heterocycles. The Kier molecular flexibility index (Phi) is 5.48. The first-order valence-electron chi connectivity index (χ1n) is 7.92. The third-order valence-electron chi connectivity index (χ3n) is 5.04. The summed E-state index contributed by atoms with van der Waals surface area (Å²) in [4.78, 5) is 0. The van der Waals surface area contributed by atoms with Gasteiger partial charge in [-0.1, -0.05) is 36.7 Å². The van der Waals surface area contributed by atoms with Gasteiger partial charge in [0.05, 0.1) is 0 Å². The number of nitrogens with one attached hydrogen (secondary N) is 1. The van der Waals surface area contributed by atoms with E-state index in [4.69, 9.17) is 0 Å². The van der Waals surface area contributed by atoms with Crippen molar-refractivity contribution < 1.29 is 4.39 Å². The van der Waals surface area contributed by atoms with Crippen molar-refractivity contribution in [2.24, 2.45) is 17.3 Å². The minimum atomic E-state index is -0.0566. The van der Waals surface area contributed by atoms with E-state index in [0.29, 0.717) is 23.2 Å². The van der Waals surface area contributed by atoms with Gasteiger partial charge in [-0.15, -0.1) is 0 Å². The van der Waals surface area contributed by atoms with E-state index in [0.717, 1.165) is 23.0 Å². The molecule has 0 spiro atoms. The first-order valence-corrected chi connectivity index (χ1v) is 8.71. The summed E-state index contributed by atoms with van der Waals surface area (Å²) >= 11 is 3.49. The Morgan fingerprint density at radius 3 is 2.62 bits per heavy atom. The Balaban J connectivity index is 2.31. The molecule has 1 aromatic carbocycles. The molecule has 1 nitrogen and oxygen atoms in total. The molecule has 1 fully saturated rings. The molecule has 3 heteroatoms. The Labute approximate surface area is 136 Å². The van der Waals surface area contributed by atoms with Gasteiger partial charge >= 0.3 is 0 Å². The van der Waals surface area contributed by atoms with Crippen LogP contribution >= 0.6 is 15.9 Å². The van der Waals surface area contributed by atoms with E-state index < -0.39 is 0 Å². The molecule has 3 atom stereocenters. The average molecular weight is 356 g/mol. The Morgan fingerprint density at radius 2 is 2.00 bits per heavy atom. The highest BCUT2D eigenvalue weighted by Gasteiger charge is 2.37. The molecule has 118 valence electrons. The number of benzene rings is 1. The highest BCUT2D eigenvalue weighted by Crippen LogP contribution is 2.47. The molecule has 0 saturated heterocycles. The summed E-state index contributed by atoms with van der Waals surface area (Å²) in [5, 5.41) is 3.29. The first kappa shape index (κ1) is 17.0. The zero-order valence-electron chi connectivity index (χ0n) is 13.5. The van der Waals surface area contributed by atoms with Crippen LogP contribution in [0.15, 0.2) is 22.7 Å². The highest BCUT2D eigenvalue weighted by atomic mass is 79.9. The van der Waals surface area contributed by atoms with Gasteiger partial charge in [-0.3, -0.25) is 0 Å². The second kappa shape index (κ2) is 6.78. The summed E-state index contributed by atoms with van der Waals surface area (Å²) in [6.45, 7) is 7.90. The molecule has 0 amide bonds. The molecule has 0 radical (unpaired) electrons. The maximum absolute atomic E-state index is 14.4. The van der Waals surface area contributed by atoms with Gasteiger partial charge in [0, 0.05) is 4.47 Å². The summed E-state index contributed by atoms with van der Waals surface area (Å²) in [7, 11) is 1.99. The van der Waals surface area contributed by atoms with Gasteiger partial charge < -0.3 is 5.32 Å². The smallest absolute Gasteiger partial charge is 0.126 e. The van der Waals surface area contributed by atoms with Crippen molar-refractivity contribution in [1.29, 1.82) is 0 Å². The van der Waals surface area contributed by atoms with Crippen molar-refractivity contribution in [2.75, 3.05) is 13.6 Å². The molecule has 1 aliphatic rings. The number of halogens is 2. The van der Waals surface area contributed by atoms with E-state index in [-0.39, 0.29) is 5.82 Å². The predicted octanol–water partition coefficient (Wildman–Crippen LogP) is 5.35. The molecule has 1 saturated carbocycles. The molecule has 1 aliphatic carbocycles. The Morgan fingerprint density at radius 1 is 1.29 bits per heavy atom. The van der Waals surface area contributed by atoms with Crippen molar-refractivity contribution in [3.05, 3.63) is 34.1 Å².